The third-order valence-electron chi connectivity index (χ3n) is 3.95. The van der Waals surface area contributed by atoms with E-state index in [2.05, 4.69) is 20.8 Å². The second-order valence-electron chi connectivity index (χ2n) is 5.10. The minimum Gasteiger partial charge on any atom is -0.325 e. The lowest BCUT2D eigenvalue weighted by Crippen LogP contribution is -2.45. The summed E-state index contributed by atoms with van der Waals surface area (Å²) in [5.41, 5.74) is 6.53. The largest absolute Gasteiger partial charge is 0.325 e. The predicted octanol–water partition coefficient (Wildman–Crippen LogP) is 3.33. The van der Waals surface area contributed by atoms with Crippen LogP contribution in [0.5, 0.6) is 0 Å². The molecule has 0 aromatic heterocycles. The molecule has 0 radical (unpaired) electrons. The van der Waals surface area contributed by atoms with Crippen molar-refractivity contribution in [1.29, 1.82) is 0 Å². The topological polar surface area (TPSA) is 26.0 Å². The number of nitrogens with two attached hydrogens (primary N) is 1. The van der Waals surface area contributed by atoms with Crippen LogP contribution >= 0.6 is 0 Å². The summed E-state index contributed by atoms with van der Waals surface area (Å²) < 4.78 is 0. The van der Waals surface area contributed by atoms with E-state index in [0.717, 1.165) is 12.3 Å². The zero-order valence-electron chi connectivity index (χ0n) is 9.47. The third kappa shape index (κ3) is 2.70. The van der Waals surface area contributed by atoms with E-state index in [0.29, 0.717) is 5.92 Å². The average molecular weight is 183 g/mol. The van der Waals surface area contributed by atoms with E-state index in [1.807, 2.05) is 0 Å². The van der Waals surface area contributed by atoms with Crippen molar-refractivity contribution in [2.45, 2.75) is 64.8 Å². The summed E-state index contributed by atoms with van der Waals surface area (Å²) in [7, 11) is 0. The van der Waals surface area contributed by atoms with Crippen LogP contribution in [0.4, 0.5) is 0 Å². The Morgan fingerprint density at radius 2 is 1.85 bits per heavy atom. The fraction of sp³-hybridized carbons (Fsp3) is 1.00. The lowest BCUT2D eigenvalue weighted by molar-refractivity contribution is 0.234. The second-order valence-corrected chi connectivity index (χ2v) is 5.10. The molecule has 0 aromatic carbocycles. The summed E-state index contributed by atoms with van der Waals surface area (Å²) in [6.07, 6.45) is 8.09. The molecule has 1 rings (SSSR count). The lowest BCUT2D eigenvalue weighted by Gasteiger charge is -2.35. The molecule has 0 amide bonds. The minimum atomic E-state index is 0.106. The molecule has 2 N–H and O–H groups in total. The van der Waals surface area contributed by atoms with E-state index in [-0.39, 0.29) is 5.54 Å². The van der Waals surface area contributed by atoms with Crippen LogP contribution in [0.2, 0.25) is 0 Å². The maximum absolute atomic E-state index is 6.42. The Bertz CT molecular complexity index is 147. The molecule has 0 aromatic rings. The molecular formula is C12H25N. The van der Waals surface area contributed by atoms with Crippen LogP contribution in [0, 0.1) is 11.8 Å². The third-order valence-corrected chi connectivity index (χ3v) is 3.95. The molecule has 1 nitrogen and oxygen atoms in total. The molecule has 0 bridgehead atoms. The molecule has 0 saturated heterocycles. The molecular weight excluding hydrogens is 158 g/mol. The Kier molecular flexibility index (Phi) is 3.78. The fourth-order valence-corrected chi connectivity index (χ4v) is 2.54. The molecule has 13 heavy (non-hydrogen) atoms. The van der Waals surface area contributed by atoms with Crippen molar-refractivity contribution >= 4 is 0 Å². The van der Waals surface area contributed by atoms with Crippen molar-refractivity contribution in [3.05, 3.63) is 0 Å². The van der Waals surface area contributed by atoms with E-state index in [1.165, 1.54) is 32.1 Å². The van der Waals surface area contributed by atoms with Gasteiger partial charge in [-0.1, -0.05) is 46.5 Å². The summed E-state index contributed by atoms with van der Waals surface area (Å²) in [4.78, 5) is 0. The standard InChI is InChI=1S/C12H25N/c1-4-12(13,10(2)3)9-11-7-5-6-8-11/h10-11H,4-9,13H2,1-3H3. The van der Waals surface area contributed by atoms with Gasteiger partial charge in [0, 0.05) is 5.54 Å². The van der Waals surface area contributed by atoms with Gasteiger partial charge in [-0.3, -0.25) is 0 Å². The van der Waals surface area contributed by atoms with Crippen molar-refractivity contribution in [2.75, 3.05) is 0 Å². The van der Waals surface area contributed by atoms with Crippen LogP contribution in [0.15, 0.2) is 0 Å². The quantitative estimate of drug-likeness (QED) is 0.711. The van der Waals surface area contributed by atoms with Gasteiger partial charge in [0.15, 0.2) is 0 Å². The van der Waals surface area contributed by atoms with Gasteiger partial charge in [0.25, 0.3) is 0 Å². The lowest BCUT2D eigenvalue weighted by atomic mass is 9.77. The first-order chi connectivity index (χ1) is 6.08. The molecule has 1 atom stereocenters. The van der Waals surface area contributed by atoms with E-state index < -0.39 is 0 Å². The Morgan fingerprint density at radius 3 is 2.23 bits per heavy atom. The van der Waals surface area contributed by atoms with Crippen molar-refractivity contribution < 1.29 is 0 Å². The summed E-state index contributed by atoms with van der Waals surface area (Å²) in [6, 6.07) is 0. The van der Waals surface area contributed by atoms with Crippen molar-refractivity contribution in [2.24, 2.45) is 17.6 Å². The highest BCUT2D eigenvalue weighted by molar-refractivity contribution is 4.89. The average Bonchev–Trinajstić information content (AvgIpc) is 2.56. The number of hydrogen-bond donors (Lipinski definition) is 1. The van der Waals surface area contributed by atoms with E-state index in [9.17, 15) is 0 Å². The van der Waals surface area contributed by atoms with Crippen LogP contribution in [0.1, 0.15) is 59.3 Å². The van der Waals surface area contributed by atoms with Gasteiger partial charge in [-0.05, 0) is 24.7 Å². The molecule has 1 aliphatic carbocycles. The van der Waals surface area contributed by atoms with Gasteiger partial charge in [0.2, 0.25) is 0 Å². The first-order valence-electron chi connectivity index (χ1n) is 5.87. The number of rotatable bonds is 4. The summed E-state index contributed by atoms with van der Waals surface area (Å²) in [5.74, 6) is 1.55. The summed E-state index contributed by atoms with van der Waals surface area (Å²) in [5, 5.41) is 0. The predicted molar refractivity (Wildman–Crippen MR) is 58.6 cm³/mol. The van der Waals surface area contributed by atoms with Crippen LogP contribution in [-0.2, 0) is 0 Å². The molecule has 0 aliphatic heterocycles. The maximum Gasteiger partial charge on any atom is 0.0177 e. The normalized spacial score (nSPS) is 23.8. The van der Waals surface area contributed by atoms with Gasteiger partial charge < -0.3 is 5.73 Å². The van der Waals surface area contributed by atoms with E-state index >= 15 is 0 Å². The molecule has 1 aliphatic rings. The molecule has 1 heteroatoms. The minimum absolute atomic E-state index is 0.106. The smallest absolute Gasteiger partial charge is 0.0177 e. The Balaban J connectivity index is 2.46. The van der Waals surface area contributed by atoms with E-state index in [4.69, 9.17) is 5.73 Å². The van der Waals surface area contributed by atoms with Crippen LogP contribution in [0.3, 0.4) is 0 Å². The SMILES string of the molecule is CCC(N)(CC1CCCC1)C(C)C. The van der Waals surface area contributed by atoms with Crippen LogP contribution < -0.4 is 5.73 Å². The Labute approximate surface area is 83.1 Å². The Hall–Kier alpha value is -0.0400. The monoisotopic (exact) mass is 183 g/mol. The Morgan fingerprint density at radius 1 is 1.31 bits per heavy atom. The molecule has 0 spiro atoms. The van der Waals surface area contributed by atoms with Crippen molar-refractivity contribution in [3.8, 4) is 0 Å². The molecule has 1 unspecified atom stereocenters. The van der Waals surface area contributed by atoms with E-state index in [1.54, 1.807) is 0 Å². The van der Waals surface area contributed by atoms with Crippen LogP contribution in [0.25, 0.3) is 0 Å². The maximum atomic E-state index is 6.42. The molecule has 1 saturated carbocycles. The van der Waals surface area contributed by atoms with Gasteiger partial charge >= 0.3 is 0 Å². The van der Waals surface area contributed by atoms with Gasteiger partial charge in [-0.15, -0.1) is 0 Å². The highest BCUT2D eigenvalue weighted by Crippen LogP contribution is 2.35. The zero-order valence-corrected chi connectivity index (χ0v) is 9.47. The summed E-state index contributed by atoms with van der Waals surface area (Å²) in [6.45, 7) is 6.76. The molecule has 0 heterocycles. The van der Waals surface area contributed by atoms with Crippen LogP contribution in [-0.4, -0.2) is 5.54 Å². The van der Waals surface area contributed by atoms with Gasteiger partial charge in [-0.2, -0.15) is 0 Å². The summed E-state index contributed by atoms with van der Waals surface area (Å²) >= 11 is 0. The molecule has 78 valence electrons. The molecule has 1 fully saturated rings. The second kappa shape index (κ2) is 4.45. The first kappa shape index (κ1) is 11.0. The fourth-order valence-electron chi connectivity index (χ4n) is 2.54. The highest BCUT2D eigenvalue weighted by Gasteiger charge is 2.31. The van der Waals surface area contributed by atoms with Gasteiger partial charge in [-0.25, -0.2) is 0 Å². The zero-order chi connectivity index (χ0) is 9.90. The van der Waals surface area contributed by atoms with Gasteiger partial charge in [0.1, 0.15) is 0 Å². The van der Waals surface area contributed by atoms with Crippen molar-refractivity contribution in [1.82, 2.24) is 0 Å². The first-order valence-corrected chi connectivity index (χ1v) is 5.87. The van der Waals surface area contributed by atoms with Gasteiger partial charge in [0.05, 0.1) is 0 Å². The number of hydrogen-bond acceptors (Lipinski definition) is 1. The highest BCUT2D eigenvalue weighted by atomic mass is 14.7. The van der Waals surface area contributed by atoms with Crippen molar-refractivity contribution in [3.63, 3.8) is 0 Å².